The summed E-state index contributed by atoms with van der Waals surface area (Å²) in [6.45, 7) is 0. The fourth-order valence-electron chi connectivity index (χ4n) is 0.676. The van der Waals surface area contributed by atoms with Crippen LogP contribution >= 0.6 is 0 Å². The molecule has 1 aliphatic rings. The van der Waals surface area contributed by atoms with Crippen molar-refractivity contribution in [1.29, 1.82) is 0 Å². The highest BCUT2D eigenvalue weighted by molar-refractivity contribution is 5.21. The maximum atomic E-state index is 8.35. The van der Waals surface area contributed by atoms with E-state index in [0.717, 1.165) is 18.4 Å². The average molecular weight is 96.1 g/mol. The summed E-state index contributed by atoms with van der Waals surface area (Å²) in [5.74, 6) is 0. The molecule has 38 valence electrons. The monoisotopic (exact) mass is 96.1 g/mol. The Morgan fingerprint density at radius 2 is 2.57 bits per heavy atom. The summed E-state index contributed by atoms with van der Waals surface area (Å²) in [6, 6.07) is 0. The Balaban J connectivity index is 2.59. The van der Waals surface area contributed by atoms with Gasteiger partial charge in [0, 0.05) is 0 Å². The second-order valence-electron chi connectivity index (χ2n) is 1.65. The van der Waals surface area contributed by atoms with Gasteiger partial charge in [0.25, 0.3) is 0 Å². The smallest absolute Gasteiger partial charge is 0.0823 e. The minimum Gasteiger partial charge on any atom is -0.515 e. The molecule has 0 atom stereocenters. The number of hydrogen-bond donors (Lipinski definition) is 1. The molecule has 0 unspecified atom stereocenters. The lowest BCUT2D eigenvalue weighted by Gasteiger charge is -1.82. The molecule has 7 heavy (non-hydrogen) atoms. The molecule has 0 spiro atoms. The Bertz CT molecular complexity index is 109. The Morgan fingerprint density at radius 1 is 1.71 bits per heavy atom. The van der Waals surface area contributed by atoms with Crippen LogP contribution in [-0.4, -0.2) is 5.11 Å². The summed E-state index contributed by atoms with van der Waals surface area (Å²) in [6.07, 6.45) is 7.27. The van der Waals surface area contributed by atoms with E-state index in [9.17, 15) is 0 Å². The molecule has 0 bridgehead atoms. The van der Waals surface area contributed by atoms with Crippen molar-refractivity contribution in [2.75, 3.05) is 0 Å². The van der Waals surface area contributed by atoms with Gasteiger partial charge in [-0.1, -0.05) is 12.2 Å². The van der Waals surface area contributed by atoms with E-state index in [4.69, 9.17) is 5.11 Å². The fourth-order valence-corrected chi connectivity index (χ4v) is 0.676. The van der Waals surface area contributed by atoms with Gasteiger partial charge in [-0.25, -0.2) is 0 Å². The van der Waals surface area contributed by atoms with E-state index >= 15 is 0 Å². The summed E-state index contributed by atoms with van der Waals surface area (Å²) < 4.78 is 0. The molecule has 0 heterocycles. The van der Waals surface area contributed by atoms with Crippen molar-refractivity contribution in [2.45, 2.75) is 12.8 Å². The standard InChI is InChI=1S/C6H8O/c7-5-6-3-1-2-4-6/h1,3,5,7H,2,4H2. The molecule has 0 saturated heterocycles. The highest BCUT2D eigenvalue weighted by atomic mass is 16.2. The largest absolute Gasteiger partial charge is 0.515 e. The van der Waals surface area contributed by atoms with E-state index in [1.54, 1.807) is 0 Å². The van der Waals surface area contributed by atoms with E-state index < -0.39 is 0 Å². The van der Waals surface area contributed by atoms with Crippen LogP contribution in [0, 0.1) is 0 Å². The molecule has 1 rings (SSSR count). The summed E-state index contributed by atoms with van der Waals surface area (Å²) in [7, 11) is 0. The van der Waals surface area contributed by atoms with Gasteiger partial charge in [-0.3, -0.25) is 0 Å². The predicted octanol–water partition coefficient (Wildman–Crippen LogP) is 1.78. The van der Waals surface area contributed by atoms with Crippen LogP contribution in [-0.2, 0) is 0 Å². The maximum absolute atomic E-state index is 8.35. The van der Waals surface area contributed by atoms with E-state index in [2.05, 4.69) is 6.08 Å². The first-order chi connectivity index (χ1) is 3.43. The first-order valence-corrected chi connectivity index (χ1v) is 2.43. The van der Waals surface area contributed by atoms with Crippen molar-refractivity contribution in [2.24, 2.45) is 0 Å². The zero-order valence-electron chi connectivity index (χ0n) is 4.09. The van der Waals surface area contributed by atoms with Crippen LogP contribution in [0.3, 0.4) is 0 Å². The van der Waals surface area contributed by atoms with Gasteiger partial charge < -0.3 is 5.11 Å². The Morgan fingerprint density at radius 3 is 2.86 bits per heavy atom. The second kappa shape index (κ2) is 1.82. The van der Waals surface area contributed by atoms with Crippen LogP contribution in [0.25, 0.3) is 0 Å². The van der Waals surface area contributed by atoms with Gasteiger partial charge in [-0.2, -0.15) is 0 Å². The van der Waals surface area contributed by atoms with Crippen LogP contribution in [0.5, 0.6) is 0 Å². The normalized spacial score (nSPS) is 24.3. The summed E-state index contributed by atoms with van der Waals surface area (Å²) in [5, 5.41) is 8.35. The summed E-state index contributed by atoms with van der Waals surface area (Å²) in [5.41, 5.74) is 1.04. The van der Waals surface area contributed by atoms with Crippen LogP contribution in [0.1, 0.15) is 12.8 Å². The van der Waals surface area contributed by atoms with Crippen LogP contribution in [0.4, 0.5) is 0 Å². The highest BCUT2D eigenvalue weighted by Crippen LogP contribution is 2.13. The van der Waals surface area contributed by atoms with Gasteiger partial charge in [0.15, 0.2) is 0 Å². The van der Waals surface area contributed by atoms with Gasteiger partial charge in [-0.05, 0) is 18.4 Å². The quantitative estimate of drug-likeness (QED) is 0.456. The van der Waals surface area contributed by atoms with Gasteiger partial charge in [0.2, 0.25) is 0 Å². The number of hydrogen-bond acceptors (Lipinski definition) is 1. The number of rotatable bonds is 0. The van der Waals surface area contributed by atoms with Crippen LogP contribution in [0.15, 0.2) is 24.0 Å². The third-order valence-electron chi connectivity index (χ3n) is 1.10. The zero-order chi connectivity index (χ0) is 5.11. The highest BCUT2D eigenvalue weighted by Gasteiger charge is 1.95. The summed E-state index contributed by atoms with van der Waals surface area (Å²) in [4.78, 5) is 0. The van der Waals surface area contributed by atoms with Crippen molar-refractivity contribution in [3.05, 3.63) is 24.0 Å². The Kier molecular flexibility index (Phi) is 1.16. The molecule has 1 N–H and O–H groups in total. The van der Waals surface area contributed by atoms with Crippen LogP contribution < -0.4 is 0 Å². The molecule has 0 saturated carbocycles. The molecule has 0 aromatic rings. The zero-order valence-corrected chi connectivity index (χ0v) is 4.09. The molecule has 0 aromatic heterocycles. The SMILES string of the molecule is OC=C1C=CCC1. The topological polar surface area (TPSA) is 20.2 Å². The van der Waals surface area contributed by atoms with Crippen molar-refractivity contribution < 1.29 is 5.11 Å². The van der Waals surface area contributed by atoms with Gasteiger partial charge in [0.1, 0.15) is 0 Å². The van der Waals surface area contributed by atoms with Crippen molar-refractivity contribution >= 4 is 0 Å². The van der Waals surface area contributed by atoms with E-state index in [1.807, 2.05) is 6.08 Å². The lowest BCUT2D eigenvalue weighted by Crippen LogP contribution is -1.66. The number of aliphatic hydroxyl groups is 1. The van der Waals surface area contributed by atoms with E-state index in [1.165, 1.54) is 6.26 Å². The predicted molar refractivity (Wildman–Crippen MR) is 29.1 cm³/mol. The molecule has 0 fully saturated rings. The lowest BCUT2D eigenvalue weighted by molar-refractivity contribution is 0.467. The first-order valence-electron chi connectivity index (χ1n) is 2.43. The van der Waals surface area contributed by atoms with Gasteiger partial charge >= 0.3 is 0 Å². The average Bonchev–Trinajstić information content (AvgIpc) is 2.14. The van der Waals surface area contributed by atoms with Crippen LogP contribution in [0.2, 0.25) is 0 Å². The Hall–Kier alpha value is -0.720. The third-order valence-corrected chi connectivity index (χ3v) is 1.10. The number of allylic oxidation sites excluding steroid dienone is 3. The molecule has 1 aliphatic carbocycles. The molecule has 1 heteroatoms. The van der Waals surface area contributed by atoms with Crippen molar-refractivity contribution in [3.8, 4) is 0 Å². The van der Waals surface area contributed by atoms with Crippen molar-refractivity contribution in [3.63, 3.8) is 0 Å². The molecule has 0 aromatic carbocycles. The third kappa shape index (κ3) is 0.829. The molecule has 0 radical (unpaired) electrons. The van der Waals surface area contributed by atoms with Gasteiger partial charge in [0.05, 0.1) is 6.26 Å². The molecular formula is C6H8O. The molecule has 0 aliphatic heterocycles. The Labute approximate surface area is 43.0 Å². The van der Waals surface area contributed by atoms with E-state index in [0.29, 0.717) is 0 Å². The lowest BCUT2D eigenvalue weighted by atomic mass is 10.3. The molecule has 0 amide bonds. The molecule has 1 nitrogen and oxygen atoms in total. The van der Waals surface area contributed by atoms with Gasteiger partial charge in [-0.15, -0.1) is 0 Å². The minimum absolute atomic E-state index is 1.01. The summed E-state index contributed by atoms with van der Waals surface area (Å²) >= 11 is 0. The first kappa shape index (κ1) is 4.44. The second-order valence-corrected chi connectivity index (χ2v) is 1.65. The molecular weight excluding hydrogens is 88.1 g/mol. The van der Waals surface area contributed by atoms with Crippen molar-refractivity contribution in [1.82, 2.24) is 0 Å². The number of aliphatic hydroxyl groups excluding tert-OH is 1. The minimum atomic E-state index is 1.01. The van der Waals surface area contributed by atoms with E-state index in [-0.39, 0.29) is 0 Å². The fraction of sp³-hybridized carbons (Fsp3) is 0.333. The maximum Gasteiger partial charge on any atom is 0.0823 e.